The third-order valence-corrected chi connectivity index (χ3v) is 8.59. The van der Waals surface area contributed by atoms with E-state index >= 15 is 0 Å². The van der Waals surface area contributed by atoms with Crippen molar-refractivity contribution in [3.8, 4) is 11.6 Å². The predicted octanol–water partition coefficient (Wildman–Crippen LogP) is 5.75. The van der Waals surface area contributed by atoms with Gasteiger partial charge in [-0.2, -0.15) is 9.50 Å². The number of aromatic nitrogens is 3. The van der Waals surface area contributed by atoms with E-state index in [1.165, 1.54) is 4.52 Å². The fourth-order valence-corrected chi connectivity index (χ4v) is 6.40. The zero-order valence-electron chi connectivity index (χ0n) is 19.7. The Kier molecular flexibility index (Phi) is 5.30. The lowest BCUT2D eigenvalue weighted by molar-refractivity contribution is -0.113. The van der Waals surface area contributed by atoms with Gasteiger partial charge < -0.3 is 9.32 Å². The second kappa shape index (κ2) is 8.62. The normalized spacial score (nSPS) is 14.7. The van der Waals surface area contributed by atoms with E-state index in [0.717, 1.165) is 37.9 Å². The zero-order chi connectivity index (χ0) is 26.1. The van der Waals surface area contributed by atoms with Crippen molar-refractivity contribution < 1.29 is 9.21 Å². The van der Waals surface area contributed by atoms with Crippen LogP contribution in [0.3, 0.4) is 0 Å². The van der Waals surface area contributed by atoms with Gasteiger partial charge in [-0.1, -0.05) is 75.3 Å². The average molecular weight is 604 g/mol. The number of fused-ring (bicyclic) bond motifs is 3. The van der Waals surface area contributed by atoms with Gasteiger partial charge >= 0.3 is 0 Å². The Bertz CT molecular complexity index is 2060. The summed E-state index contributed by atoms with van der Waals surface area (Å²) in [5, 5.41) is 6.01. The second-order valence-corrected chi connectivity index (χ2v) is 11.2. The standard InChI is InChI=1S/C28H16BrClN4O3S/c1-14-17-7-3-5-9-21(17)37-23(14)25-31-28-34(32-25)27(36)24(38-28)22-18-12-16(29)10-11-20(18)33(26(22)35)13-15-6-2-4-8-19(15)30/h2-12H,13H2,1H3. The summed E-state index contributed by atoms with van der Waals surface area (Å²) in [4.78, 5) is 34.0. The van der Waals surface area contributed by atoms with Crippen LogP contribution < -0.4 is 15.0 Å². The van der Waals surface area contributed by atoms with E-state index in [-0.39, 0.29) is 12.5 Å². The summed E-state index contributed by atoms with van der Waals surface area (Å²) in [5.41, 5.74) is 3.77. The largest absolute Gasteiger partial charge is 0.452 e. The number of hydrogen-bond acceptors (Lipinski definition) is 6. The number of halogens is 2. The Labute approximate surface area is 232 Å². The summed E-state index contributed by atoms with van der Waals surface area (Å²) in [7, 11) is 0. The number of anilines is 1. The van der Waals surface area contributed by atoms with E-state index in [4.69, 9.17) is 16.0 Å². The number of thiazole rings is 1. The number of amides is 1. The van der Waals surface area contributed by atoms with Crippen LogP contribution in [-0.2, 0) is 11.3 Å². The fraction of sp³-hybridized carbons (Fsp3) is 0.0714. The summed E-state index contributed by atoms with van der Waals surface area (Å²) in [6.45, 7) is 2.22. The van der Waals surface area contributed by atoms with Gasteiger partial charge in [0.15, 0.2) is 5.76 Å². The summed E-state index contributed by atoms with van der Waals surface area (Å²) in [6.07, 6.45) is 0. The molecular weight excluding hydrogens is 588 g/mol. The maximum atomic E-state index is 13.8. The van der Waals surface area contributed by atoms with Crippen LogP contribution in [0.2, 0.25) is 5.02 Å². The first-order valence-electron chi connectivity index (χ1n) is 11.7. The van der Waals surface area contributed by atoms with Crippen LogP contribution in [0.5, 0.6) is 0 Å². The molecule has 38 heavy (non-hydrogen) atoms. The number of nitrogens with zero attached hydrogens (tertiary/aromatic N) is 4. The number of rotatable bonds is 3. The smallest absolute Gasteiger partial charge is 0.291 e. The molecule has 0 saturated heterocycles. The van der Waals surface area contributed by atoms with Gasteiger partial charge in [0.1, 0.15) is 10.1 Å². The molecule has 0 radical (unpaired) electrons. The maximum absolute atomic E-state index is 13.8. The van der Waals surface area contributed by atoms with Gasteiger partial charge in [0.05, 0.1) is 17.8 Å². The summed E-state index contributed by atoms with van der Waals surface area (Å²) in [5.74, 6) is 0.584. The molecule has 186 valence electrons. The Balaban J connectivity index is 1.39. The number of benzene rings is 3. The quantitative estimate of drug-likeness (QED) is 0.257. The molecule has 0 spiro atoms. The van der Waals surface area contributed by atoms with Crippen LogP contribution in [0.15, 0.2) is 80.4 Å². The molecule has 0 fully saturated rings. The minimum atomic E-state index is -0.397. The minimum Gasteiger partial charge on any atom is -0.452 e. The molecule has 0 atom stereocenters. The molecule has 4 heterocycles. The predicted molar refractivity (Wildman–Crippen MR) is 152 cm³/mol. The van der Waals surface area contributed by atoms with Gasteiger partial charge in [-0.05, 0) is 42.8 Å². The van der Waals surface area contributed by atoms with Crippen LogP contribution in [0.25, 0.3) is 33.1 Å². The van der Waals surface area contributed by atoms with E-state index in [9.17, 15) is 9.59 Å². The molecule has 7 rings (SSSR count). The van der Waals surface area contributed by atoms with Crippen molar-refractivity contribution in [2.45, 2.75) is 13.5 Å². The van der Waals surface area contributed by atoms with Crippen molar-refractivity contribution in [3.05, 3.63) is 108 Å². The molecule has 0 saturated carbocycles. The minimum absolute atomic E-state index is 0.270. The van der Waals surface area contributed by atoms with Gasteiger partial charge in [0.2, 0.25) is 10.8 Å². The van der Waals surface area contributed by atoms with Gasteiger partial charge in [0, 0.05) is 26.0 Å². The second-order valence-electron chi connectivity index (χ2n) is 8.94. The fourth-order valence-electron chi connectivity index (χ4n) is 4.85. The molecule has 0 aliphatic carbocycles. The van der Waals surface area contributed by atoms with E-state index in [1.807, 2.05) is 67.6 Å². The van der Waals surface area contributed by atoms with Crippen LogP contribution in [0, 0.1) is 6.92 Å². The first kappa shape index (κ1) is 23.3. The van der Waals surface area contributed by atoms with Crippen molar-refractivity contribution in [1.82, 2.24) is 14.6 Å². The third-order valence-electron chi connectivity index (χ3n) is 6.70. The zero-order valence-corrected chi connectivity index (χ0v) is 22.9. The lowest BCUT2D eigenvalue weighted by atomic mass is 10.1. The van der Waals surface area contributed by atoms with Crippen molar-refractivity contribution in [2.75, 3.05) is 4.90 Å². The van der Waals surface area contributed by atoms with E-state index in [2.05, 4.69) is 26.0 Å². The molecular formula is C28H16BrClN4O3S. The van der Waals surface area contributed by atoms with Crippen LogP contribution in [0.4, 0.5) is 5.69 Å². The first-order valence-corrected chi connectivity index (χ1v) is 13.7. The summed E-state index contributed by atoms with van der Waals surface area (Å²) >= 11 is 11.0. The molecule has 0 bridgehead atoms. The van der Waals surface area contributed by atoms with Crippen LogP contribution in [0.1, 0.15) is 16.7 Å². The van der Waals surface area contributed by atoms with Gasteiger partial charge in [-0.25, -0.2) is 0 Å². The number of aryl methyl sites for hydroxylation is 1. The van der Waals surface area contributed by atoms with E-state index in [0.29, 0.717) is 42.9 Å². The molecule has 1 aliphatic rings. The van der Waals surface area contributed by atoms with Gasteiger partial charge in [-0.3, -0.25) is 9.59 Å². The SMILES string of the molecule is Cc1c(-c2nc3sc(=C4C(=O)N(Cc5ccccc5Cl)c5ccc(Br)cc54)c(=O)n3n2)oc2ccccc12. The van der Waals surface area contributed by atoms with Crippen molar-refractivity contribution in [1.29, 1.82) is 0 Å². The highest BCUT2D eigenvalue weighted by Crippen LogP contribution is 2.39. The lowest BCUT2D eigenvalue weighted by Gasteiger charge is -2.18. The lowest BCUT2D eigenvalue weighted by Crippen LogP contribution is -2.32. The van der Waals surface area contributed by atoms with E-state index in [1.54, 1.807) is 11.0 Å². The Morgan fingerprint density at radius 1 is 1.05 bits per heavy atom. The Hall–Kier alpha value is -3.79. The van der Waals surface area contributed by atoms with E-state index < -0.39 is 5.56 Å². The van der Waals surface area contributed by atoms with Gasteiger partial charge in [0.25, 0.3) is 11.5 Å². The number of para-hydroxylation sites is 1. The molecule has 3 aromatic carbocycles. The average Bonchev–Trinajstić information content (AvgIpc) is 3.62. The topological polar surface area (TPSA) is 80.7 Å². The van der Waals surface area contributed by atoms with Gasteiger partial charge in [-0.15, -0.1) is 5.10 Å². The van der Waals surface area contributed by atoms with Crippen molar-refractivity contribution >= 4 is 72.0 Å². The summed E-state index contributed by atoms with van der Waals surface area (Å²) in [6, 6.07) is 20.7. The number of furan rings is 1. The third kappa shape index (κ3) is 3.46. The van der Waals surface area contributed by atoms with Crippen LogP contribution in [-0.4, -0.2) is 20.5 Å². The molecule has 3 aromatic heterocycles. The van der Waals surface area contributed by atoms with Crippen molar-refractivity contribution in [3.63, 3.8) is 0 Å². The molecule has 0 N–H and O–H groups in total. The number of carbonyl (C=O) groups is 1. The van der Waals surface area contributed by atoms with Crippen molar-refractivity contribution in [2.24, 2.45) is 0 Å². The Morgan fingerprint density at radius 3 is 2.63 bits per heavy atom. The molecule has 1 amide bonds. The maximum Gasteiger partial charge on any atom is 0.291 e. The molecule has 7 nitrogen and oxygen atoms in total. The molecule has 10 heteroatoms. The highest BCUT2D eigenvalue weighted by molar-refractivity contribution is 9.10. The Morgan fingerprint density at radius 2 is 1.84 bits per heavy atom. The monoisotopic (exact) mass is 602 g/mol. The van der Waals surface area contributed by atoms with Crippen LogP contribution >= 0.6 is 38.9 Å². The highest BCUT2D eigenvalue weighted by atomic mass is 79.9. The molecule has 1 aliphatic heterocycles. The first-order chi connectivity index (χ1) is 18.4. The highest BCUT2D eigenvalue weighted by Gasteiger charge is 2.35. The summed E-state index contributed by atoms with van der Waals surface area (Å²) < 4.78 is 8.33. The molecule has 0 unspecified atom stereocenters. The number of hydrogen-bond donors (Lipinski definition) is 0. The molecule has 6 aromatic rings. The number of carbonyl (C=O) groups excluding carboxylic acids is 1.